The van der Waals surface area contributed by atoms with Gasteiger partial charge in [0.05, 0.1) is 9.52 Å². The minimum Gasteiger partial charge on any atom is -0.0688 e. The molecular formula is C13H20Si. The topological polar surface area (TPSA) is 0 Å². The summed E-state index contributed by atoms with van der Waals surface area (Å²) in [5.41, 5.74) is 3.08. The van der Waals surface area contributed by atoms with Crippen molar-refractivity contribution in [2.24, 2.45) is 0 Å². The maximum absolute atomic E-state index is 2.28. The average molecular weight is 204 g/mol. The zero-order valence-corrected chi connectivity index (χ0v) is 10.9. The summed E-state index contributed by atoms with van der Waals surface area (Å²) in [6.07, 6.45) is 0. The van der Waals surface area contributed by atoms with Gasteiger partial charge in [-0.1, -0.05) is 57.6 Å². The van der Waals surface area contributed by atoms with Crippen molar-refractivity contribution in [1.82, 2.24) is 0 Å². The fourth-order valence-electron chi connectivity index (χ4n) is 1.84. The summed E-state index contributed by atoms with van der Waals surface area (Å²) in [5.74, 6) is 1.30. The predicted molar refractivity (Wildman–Crippen MR) is 65.9 cm³/mol. The number of benzene rings is 1. The fourth-order valence-corrected chi connectivity index (χ4v) is 3.16. The van der Waals surface area contributed by atoms with Gasteiger partial charge in [-0.15, -0.1) is 0 Å². The van der Waals surface area contributed by atoms with Crippen molar-refractivity contribution in [1.29, 1.82) is 0 Å². The van der Waals surface area contributed by atoms with E-state index in [1.807, 2.05) is 0 Å². The van der Waals surface area contributed by atoms with E-state index in [1.54, 1.807) is 5.19 Å². The summed E-state index contributed by atoms with van der Waals surface area (Å²) in [7, 11) is 0.913. The Hall–Kier alpha value is -0.563. The summed E-state index contributed by atoms with van der Waals surface area (Å²) < 4.78 is 0. The molecule has 0 unspecified atom stereocenters. The molecule has 1 rings (SSSR count). The van der Waals surface area contributed by atoms with Crippen LogP contribution in [0.2, 0.25) is 6.55 Å². The number of hydrogen-bond acceptors (Lipinski definition) is 0. The van der Waals surface area contributed by atoms with E-state index < -0.39 is 0 Å². The Morgan fingerprint density at radius 2 is 1.36 bits per heavy atom. The molecule has 0 heterocycles. The molecule has 0 nitrogen and oxygen atoms in total. The summed E-state index contributed by atoms with van der Waals surface area (Å²) in [4.78, 5) is 0. The van der Waals surface area contributed by atoms with E-state index in [-0.39, 0.29) is 0 Å². The first-order chi connectivity index (χ1) is 6.57. The molecule has 0 aliphatic rings. The van der Waals surface area contributed by atoms with Gasteiger partial charge in [0.25, 0.3) is 0 Å². The van der Waals surface area contributed by atoms with Crippen LogP contribution >= 0.6 is 0 Å². The highest BCUT2D eigenvalue weighted by Gasteiger charge is 2.11. The van der Waals surface area contributed by atoms with Crippen LogP contribution in [0.5, 0.6) is 0 Å². The van der Waals surface area contributed by atoms with Crippen LogP contribution in [0.25, 0.3) is 0 Å². The SMILES string of the molecule is C[Si]c1c(C(C)C)cccc1C(C)C. The average Bonchev–Trinajstić information content (AvgIpc) is 2.16. The third-order valence-corrected chi connectivity index (χ3v) is 3.70. The van der Waals surface area contributed by atoms with Crippen molar-refractivity contribution in [3.05, 3.63) is 29.3 Å². The lowest BCUT2D eigenvalue weighted by molar-refractivity contribution is 0.845. The highest BCUT2D eigenvalue weighted by molar-refractivity contribution is 6.53. The molecule has 0 saturated heterocycles. The lowest BCUT2D eigenvalue weighted by Crippen LogP contribution is -2.23. The second-order valence-corrected chi connectivity index (χ2v) is 5.37. The maximum Gasteiger partial charge on any atom is 0.0781 e. The molecule has 0 saturated carbocycles. The zero-order chi connectivity index (χ0) is 10.7. The molecule has 76 valence electrons. The van der Waals surface area contributed by atoms with E-state index in [0.29, 0.717) is 11.8 Å². The highest BCUT2D eigenvalue weighted by Crippen LogP contribution is 2.18. The monoisotopic (exact) mass is 204 g/mol. The third kappa shape index (κ3) is 2.27. The quantitative estimate of drug-likeness (QED) is 0.663. The van der Waals surface area contributed by atoms with Gasteiger partial charge in [-0.3, -0.25) is 0 Å². The van der Waals surface area contributed by atoms with Gasteiger partial charge in [0.2, 0.25) is 0 Å². The first-order valence-electron chi connectivity index (χ1n) is 5.38. The Morgan fingerprint density at radius 1 is 0.929 bits per heavy atom. The van der Waals surface area contributed by atoms with Crippen LogP contribution in [0.15, 0.2) is 18.2 Å². The van der Waals surface area contributed by atoms with Crippen molar-refractivity contribution in [3.8, 4) is 0 Å². The minimum absolute atomic E-state index is 0.649. The molecule has 1 aromatic rings. The highest BCUT2D eigenvalue weighted by atomic mass is 28.2. The van der Waals surface area contributed by atoms with Gasteiger partial charge in [0.15, 0.2) is 0 Å². The van der Waals surface area contributed by atoms with E-state index in [1.165, 1.54) is 11.1 Å². The molecule has 0 amide bonds. The Balaban J connectivity index is 3.25. The van der Waals surface area contributed by atoms with E-state index in [4.69, 9.17) is 0 Å². The largest absolute Gasteiger partial charge is 0.0781 e. The van der Waals surface area contributed by atoms with Gasteiger partial charge in [0, 0.05) is 0 Å². The van der Waals surface area contributed by atoms with Crippen LogP contribution in [0.3, 0.4) is 0 Å². The van der Waals surface area contributed by atoms with Crippen LogP contribution in [-0.4, -0.2) is 9.52 Å². The first kappa shape index (κ1) is 11.5. The minimum atomic E-state index is 0.649. The molecule has 1 aromatic carbocycles. The second kappa shape index (κ2) is 4.79. The van der Waals surface area contributed by atoms with Crippen LogP contribution in [0.1, 0.15) is 50.7 Å². The van der Waals surface area contributed by atoms with Gasteiger partial charge in [-0.2, -0.15) is 0 Å². The molecule has 0 aromatic heterocycles. The molecular weight excluding hydrogens is 184 g/mol. The van der Waals surface area contributed by atoms with Crippen LogP contribution < -0.4 is 5.19 Å². The van der Waals surface area contributed by atoms with Crippen LogP contribution in [-0.2, 0) is 0 Å². The van der Waals surface area contributed by atoms with Gasteiger partial charge >= 0.3 is 0 Å². The summed E-state index contributed by atoms with van der Waals surface area (Å²) in [6, 6.07) is 6.76. The van der Waals surface area contributed by atoms with E-state index in [2.05, 4.69) is 52.4 Å². The molecule has 0 fully saturated rings. The Bertz CT molecular complexity index is 274. The van der Waals surface area contributed by atoms with Crippen molar-refractivity contribution in [2.75, 3.05) is 0 Å². The van der Waals surface area contributed by atoms with Crippen molar-refractivity contribution in [3.63, 3.8) is 0 Å². The molecule has 0 N–H and O–H groups in total. The van der Waals surface area contributed by atoms with Gasteiger partial charge in [-0.25, -0.2) is 0 Å². The molecule has 0 spiro atoms. The lowest BCUT2D eigenvalue weighted by Gasteiger charge is -2.18. The Morgan fingerprint density at radius 3 is 1.64 bits per heavy atom. The first-order valence-corrected chi connectivity index (χ1v) is 6.88. The molecule has 14 heavy (non-hydrogen) atoms. The smallest absolute Gasteiger partial charge is 0.0688 e. The van der Waals surface area contributed by atoms with Crippen LogP contribution in [0.4, 0.5) is 0 Å². The van der Waals surface area contributed by atoms with E-state index in [0.717, 1.165) is 9.52 Å². The van der Waals surface area contributed by atoms with E-state index in [9.17, 15) is 0 Å². The Kier molecular flexibility index (Phi) is 3.94. The van der Waals surface area contributed by atoms with Gasteiger partial charge < -0.3 is 0 Å². The van der Waals surface area contributed by atoms with Crippen molar-refractivity contribution in [2.45, 2.75) is 46.1 Å². The molecule has 2 radical (unpaired) electrons. The standard InChI is InChI=1S/C13H20Si/c1-9(2)11-7-6-8-12(10(3)4)13(11)14-5/h6-10H,1-5H3. The Labute approximate surface area is 90.6 Å². The van der Waals surface area contributed by atoms with E-state index >= 15 is 0 Å². The fraction of sp³-hybridized carbons (Fsp3) is 0.538. The van der Waals surface area contributed by atoms with Crippen LogP contribution in [0, 0.1) is 0 Å². The molecule has 0 aliphatic heterocycles. The molecule has 0 bridgehead atoms. The summed E-state index contributed by atoms with van der Waals surface area (Å²) in [6.45, 7) is 11.4. The number of rotatable bonds is 3. The molecule has 0 aliphatic carbocycles. The molecule has 0 atom stereocenters. The van der Waals surface area contributed by atoms with Crippen molar-refractivity contribution >= 4 is 14.7 Å². The summed E-state index contributed by atoms with van der Waals surface area (Å²) >= 11 is 0. The summed E-state index contributed by atoms with van der Waals surface area (Å²) in [5, 5.41) is 1.59. The molecule has 1 heteroatoms. The number of hydrogen-bond donors (Lipinski definition) is 0. The lowest BCUT2D eigenvalue weighted by atomic mass is 9.95. The third-order valence-electron chi connectivity index (χ3n) is 2.62. The normalized spacial score (nSPS) is 11.4. The maximum atomic E-state index is 2.28. The van der Waals surface area contributed by atoms with Gasteiger partial charge in [0.1, 0.15) is 0 Å². The zero-order valence-electron chi connectivity index (χ0n) is 9.89. The van der Waals surface area contributed by atoms with Crippen molar-refractivity contribution < 1.29 is 0 Å². The second-order valence-electron chi connectivity index (χ2n) is 4.37. The van der Waals surface area contributed by atoms with Gasteiger partial charge in [-0.05, 0) is 23.0 Å². The predicted octanol–water partition coefficient (Wildman–Crippen LogP) is 3.31.